The summed E-state index contributed by atoms with van der Waals surface area (Å²) in [7, 11) is 1.78. The Hall–Kier alpha value is -2.45. The highest BCUT2D eigenvalue weighted by Gasteiger charge is 2.47. The number of likely N-dealkylation sites (N-methyl/N-ethyl adjacent to an activating group) is 1. The van der Waals surface area contributed by atoms with Crippen molar-refractivity contribution in [2.45, 2.75) is 113 Å². The van der Waals surface area contributed by atoms with Crippen molar-refractivity contribution >= 4 is 22.8 Å². The number of carboxylic acids is 1. The normalized spacial score (nSPS) is 36.8. The fraction of sp³-hybridized carbons (Fsp3) is 0.710. The highest BCUT2D eigenvalue weighted by atomic mass is 16.4. The molecule has 5 fully saturated rings. The molecule has 8 atom stereocenters. The molecule has 0 amide bonds. The van der Waals surface area contributed by atoms with E-state index in [1.807, 2.05) is 28.8 Å². The predicted molar refractivity (Wildman–Crippen MR) is 152 cm³/mol. The maximum Gasteiger partial charge on any atom is 0.328 e. The van der Waals surface area contributed by atoms with Gasteiger partial charge in [-0.25, -0.2) is 9.78 Å². The molecule has 0 radical (unpaired) electrons. The summed E-state index contributed by atoms with van der Waals surface area (Å²) in [6, 6.07) is 8.83. The monoisotopic (exact) mass is 533 g/mol. The number of hydrogen-bond acceptors (Lipinski definition) is 6. The van der Waals surface area contributed by atoms with E-state index in [-0.39, 0.29) is 23.5 Å². The zero-order valence-corrected chi connectivity index (χ0v) is 23.2. The summed E-state index contributed by atoms with van der Waals surface area (Å²) in [5.41, 5.74) is 1.52. The molecule has 210 valence electrons. The van der Waals surface area contributed by atoms with E-state index in [1.165, 1.54) is 64.2 Å². The van der Waals surface area contributed by atoms with Gasteiger partial charge in [0, 0.05) is 30.7 Å². The summed E-state index contributed by atoms with van der Waals surface area (Å²) in [5, 5.41) is 13.0. The number of carbonyl (C=O) groups is 1. The van der Waals surface area contributed by atoms with Gasteiger partial charge in [0.25, 0.3) is 5.56 Å². The van der Waals surface area contributed by atoms with Crippen molar-refractivity contribution in [3.63, 3.8) is 0 Å². The summed E-state index contributed by atoms with van der Waals surface area (Å²) in [5.74, 6) is 1.18. The first kappa shape index (κ1) is 25.5. The maximum atomic E-state index is 14.2. The fourth-order valence-corrected chi connectivity index (χ4v) is 9.27. The van der Waals surface area contributed by atoms with Crippen LogP contribution in [0, 0.1) is 11.8 Å². The summed E-state index contributed by atoms with van der Waals surface area (Å²) in [6.45, 7) is 0.474. The van der Waals surface area contributed by atoms with Crippen molar-refractivity contribution in [1.29, 1.82) is 0 Å². The number of hydrogen-bond donors (Lipinski definition) is 2. The highest BCUT2D eigenvalue weighted by Crippen LogP contribution is 2.47. The minimum absolute atomic E-state index is 0.117. The Morgan fingerprint density at radius 3 is 2.26 bits per heavy atom. The number of benzene rings is 1. The van der Waals surface area contributed by atoms with Crippen molar-refractivity contribution in [2.24, 2.45) is 11.8 Å². The molecule has 2 aromatic rings. The first-order chi connectivity index (χ1) is 19.0. The van der Waals surface area contributed by atoms with E-state index >= 15 is 0 Å². The number of carboxylic acid groups (broad SMARTS) is 1. The zero-order valence-electron chi connectivity index (χ0n) is 23.2. The van der Waals surface area contributed by atoms with Crippen LogP contribution in [0.5, 0.6) is 0 Å². The second kappa shape index (κ2) is 10.2. The molecule has 0 spiro atoms. The van der Waals surface area contributed by atoms with E-state index in [1.54, 1.807) is 11.9 Å². The largest absolute Gasteiger partial charge is 0.480 e. The highest BCUT2D eigenvalue weighted by molar-refractivity contribution is 5.83. The van der Waals surface area contributed by atoms with E-state index in [9.17, 15) is 14.7 Å². The average Bonchev–Trinajstić information content (AvgIpc) is 3.06. The van der Waals surface area contributed by atoms with Crippen molar-refractivity contribution in [1.82, 2.24) is 19.8 Å². The van der Waals surface area contributed by atoms with Gasteiger partial charge < -0.3 is 19.9 Å². The van der Waals surface area contributed by atoms with Crippen LogP contribution in [0.2, 0.25) is 0 Å². The quantitative estimate of drug-likeness (QED) is 0.596. The Morgan fingerprint density at radius 2 is 1.59 bits per heavy atom. The summed E-state index contributed by atoms with van der Waals surface area (Å²) >= 11 is 0. The lowest BCUT2D eigenvalue weighted by atomic mass is 9.73. The van der Waals surface area contributed by atoms with Crippen LogP contribution < -0.4 is 15.8 Å². The number of para-hydroxylation sites is 2. The molecule has 2 N–H and O–H groups in total. The molecule has 1 aromatic heterocycles. The van der Waals surface area contributed by atoms with Gasteiger partial charge in [-0.2, -0.15) is 0 Å². The Morgan fingerprint density at radius 1 is 0.897 bits per heavy atom. The number of nitrogens with one attached hydrogen (secondary N) is 1. The average molecular weight is 534 g/mol. The number of piperidine rings is 2. The van der Waals surface area contributed by atoms with Crippen LogP contribution in [0.25, 0.3) is 11.0 Å². The van der Waals surface area contributed by atoms with Gasteiger partial charge in [-0.1, -0.05) is 44.2 Å². The molecule has 4 bridgehead atoms. The Kier molecular flexibility index (Phi) is 6.66. The number of aliphatic carboxylic acids is 1. The molecule has 2 saturated carbocycles. The van der Waals surface area contributed by atoms with E-state index < -0.39 is 12.0 Å². The van der Waals surface area contributed by atoms with Gasteiger partial charge in [-0.3, -0.25) is 9.69 Å². The molecule has 5 aliphatic rings. The molecule has 3 aliphatic heterocycles. The van der Waals surface area contributed by atoms with Crippen LogP contribution in [0.3, 0.4) is 0 Å². The predicted octanol–water partition coefficient (Wildman–Crippen LogP) is 4.17. The third-order valence-electron chi connectivity index (χ3n) is 10.9. The van der Waals surface area contributed by atoms with Crippen molar-refractivity contribution in [3.05, 3.63) is 34.6 Å². The Labute approximate surface area is 230 Å². The van der Waals surface area contributed by atoms with Crippen LogP contribution in [0.15, 0.2) is 29.1 Å². The molecule has 2 unspecified atom stereocenters. The SMILES string of the molecule is CN[C@@H]1CN(c2nc3ccccc3n(C3C[C@H]4CCC[C@@H](C3)N4C3C[C@H]4CCCC[C@@H](C3)C4)c2=O)[C@@H]1C(=O)O. The third kappa shape index (κ3) is 4.38. The third-order valence-corrected chi connectivity index (χ3v) is 10.9. The number of fused-ring (bicyclic) bond motifs is 5. The molecule has 3 saturated heterocycles. The van der Waals surface area contributed by atoms with Crippen molar-refractivity contribution in [3.8, 4) is 0 Å². The van der Waals surface area contributed by atoms with E-state index in [0.717, 1.165) is 35.7 Å². The van der Waals surface area contributed by atoms with Crippen LogP contribution in [0.4, 0.5) is 5.82 Å². The Balaban J connectivity index is 1.22. The maximum absolute atomic E-state index is 14.2. The fourth-order valence-electron chi connectivity index (χ4n) is 9.27. The first-order valence-corrected chi connectivity index (χ1v) is 15.5. The number of aromatic nitrogens is 2. The molecular weight excluding hydrogens is 490 g/mol. The molecule has 1 aromatic carbocycles. The summed E-state index contributed by atoms with van der Waals surface area (Å²) < 4.78 is 2.01. The minimum atomic E-state index is -0.919. The van der Waals surface area contributed by atoms with Gasteiger partial charge in [-0.15, -0.1) is 0 Å². The molecule has 8 heteroatoms. The van der Waals surface area contributed by atoms with Crippen molar-refractivity contribution in [2.75, 3.05) is 18.5 Å². The summed E-state index contributed by atoms with van der Waals surface area (Å²) in [6.07, 6.45) is 15.6. The van der Waals surface area contributed by atoms with Crippen molar-refractivity contribution < 1.29 is 9.90 Å². The summed E-state index contributed by atoms with van der Waals surface area (Å²) in [4.78, 5) is 35.6. The molecule has 2 aliphatic carbocycles. The lowest BCUT2D eigenvalue weighted by Crippen LogP contribution is -2.69. The number of rotatable bonds is 5. The molecular formula is C31H43N5O3. The second-order valence-corrected chi connectivity index (χ2v) is 13.1. The lowest BCUT2D eigenvalue weighted by Gasteiger charge is -2.54. The number of anilines is 1. The van der Waals surface area contributed by atoms with Gasteiger partial charge in [0.05, 0.1) is 17.1 Å². The first-order valence-electron chi connectivity index (χ1n) is 15.5. The second-order valence-electron chi connectivity index (χ2n) is 13.1. The topological polar surface area (TPSA) is 90.7 Å². The van der Waals surface area contributed by atoms with Gasteiger partial charge in [0.1, 0.15) is 6.04 Å². The van der Waals surface area contributed by atoms with Gasteiger partial charge in [-0.05, 0) is 76.0 Å². The zero-order chi connectivity index (χ0) is 26.7. The van der Waals surface area contributed by atoms with E-state index in [0.29, 0.717) is 24.7 Å². The number of nitrogens with zero attached hydrogens (tertiary/aromatic N) is 4. The standard InChI is InChI=1S/C31H43N5O3/c1-32-26-18-34(28(26)31(38)39)29-30(37)36(27-12-5-4-11-25(27)33-29)24-16-21-9-6-10-22(17-24)35(21)23-14-19-7-2-3-8-20(13-19)15-23/h4-5,11-12,19-24,26,28,32H,2-3,6-10,13-18H2,1H3,(H,38,39)/t19-,20+,21-,22+,23?,24?,26-,28+/m1/s1. The molecule has 7 rings (SSSR count). The van der Waals surface area contributed by atoms with Crippen LogP contribution >= 0.6 is 0 Å². The van der Waals surface area contributed by atoms with Crippen LogP contribution in [-0.4, -0.2) is 69.3 Å². The smallest absolute Gasteiger partial charge is 0.328 e. The Bertz CT molecular complexity index is 1270. The minimum Gasteiger partial charge on any atom is -0.480 e. The van der Waals surface area contributed by atoms with Crippen LogP contribution in [0.1, 0.15) is 83.1 Å². The lowest BCUT2D eigenvalue weighted by molar-refractivity contribution is -0.140. The van der Waals surface area contributed by atoms with E-state index in [4.69, 9.17) is 4.98 Å². The van der Waals surface area contributed by atoms with Gasteiger partial charge in [0.2, 0.25) is 0 Å². The molecule has 39 heavy (non-hydrogen) atoms. The van der Waals surface area contributed by atoms with Gasteiger partial charge >= 0.3 is 5.97 Å². The molecule has 8 nitrogen and oxygen atoms in total. The molecule has 4 heterocycles. The van der Waals surface area contributed by atoms with Crippen LogP contribution in [-0.2, 0) is 4.79 Å². The van der Waals surface area contributed by atoms with E-state index in [2.05, 4.69) is 10.2 Å². The van der Waals surface area contributed by atoms with Gasteiger partial charge in [0.15, 0.2) is 5.82 Å².